The Bertz CT molecular complexity index is 136. The predicted molar refractivity (Wildman–Crippen MR) is 54.9 cm³/mol. The van der Waals surface area contributed by atoms with Crippen molar-refractivity contribution in [1.29, 1.82) is 0 Å². The number of hydrogen-bond donors (Lipinski definition) is 0. The van der Waals surface area contributed by atoms with Gasteiger partial charge in [0.15, 0.2) is 6.23 Å². The van der Waals surface area contributed by atoms with Crippen LogP contribution < -0.4 is 0 Å². The number of rotatable bonds is 3. The summed E-state index contributed by atoms with van der Waals surface area (Å²) in [7, 11) is 3.67. The molecule has 0 aromatic rings. The molecule has 0 aliphatic heterocycles. The second-order valence-electron chi connectivity index (χ2n) is 2.20. The minimum Gasteiger partial charge on any atom is -0.444 e. The highest BCUT2D eigenvalue weighted by Crippen LogP contribution is 1.94. The Balaban J connectivity index is 0. The summed E-state index contributed by atoms with van der Waals surface area (Å²) in [6.45, 7) is 5.07. The fraction of sp³-hybridized carbons (Fsp3) is 0.571. The van der Waals surface area contributed by atoms with Crippen LogP contribution in [0.5, 0.6) is 0 Å². The largest absolute Gasteiger partial charge is 0.444 e. The van der Waals surface area contributed by atoms with Gasteiger partial charge in [0, 0.05) is 6.08 Å². The van der Waals surface area contributed by atoms with Crippen LogP contribution in [0.2, 0.25) is 0 Å². The summed E-state index contributed by atoms with van der Waals surface area (Å²) >= 11 is 0. The molecule has 0 N–H and O–H groups in total. The lowest BCUT2D eigenvalue weighted by Gasteiger charge is -2.18. The highest BCUT2D eigenvalue weighted by molar-refractivity contribution is 14.0. The molecule has 0 heterocycles. The molecule has 0 aliphatic rings. The first-order chi connectivity index (χ1) is 4.57. The minimum absolute atomic E-state index is 0. The van der Waals surface area contributed by atoms with Crippen LogP contribution in [0, 0.1) is 0 Å². The Morgan fingerprint density at radius 2 is 2.09 bits per heavy atom. The summed E-state index contributed by atoms with van der Waals surface area (Å²) in [6, 6.07) is 0. The van der Waals surface area contributed by atoms with Gasteiger partial charge < -0.3 is 4.74 Å². The molecule has 0 fully saturated rings. The SMILES string of the molecule is C=CC(=O)OC(C)N(C)C.I. The molecule has 0 spiro atoms. The van der Waals surface area contributed by atoms with Crippen molar-refractivity contribution in [2.45, 2.75) is 13.2 Å². The molecular weight excluding hydrogens is 257 g/mol. The van der Waals surface area contributed by atoms with E-state index in [1.165, 1.54) is 0 Å². The molecule has 3 nitrogen and oxygen atoms in total. The second-order valence-corrected chi connectivity index (χ2v) is 2.20. The third-order valence-electron chi connectivity index (χ3n) is 1.18. The Kier molecular flexibility index (Phi) is 8.09. The average Bonchev–Trinajstić information content (AvgIpc) is 1.87. The second kappa shape index (κ2) is 6.60. The summed E-state index contributed by atoms with van der Waals surface area (Å²) in [6.07, 6.45) is 0.963. The predicted octanol–water partition coefficient (Wildman–Crippen LogP) is 1.24. The van der Waals surface area contributed by atoms with Gasteiger partial charge in [-0.05, 0) is 21.0 Å². The van der Waals surface area contributed by atoms with Gasteiger partial charge in [-0.15, -0.1) is 24.0 Å². The maximum Gasteiger partial charge on any atom is 0.331 e. The molecule has 0 amide bonds. The van der Waals surface area contributed by atoms with Crippen molar-refractivity contribution in [3.8, 4) is 0 Å². The van der Waals surface area contributed by atoms with E-state index in [1.807, 2.05) is 14.1 Å². The van der Waals surface area contributed by atoms with Crippen LogP contribution in [0.15, 0.2) is 12.7 Å². The number of nitrogens with zero attached hydrogens (tertiary/aromatic N) is 1. The lowest BCUT2D eigenvalue weighted by Crippen LogP contribution is -2.29. The number of ether oxygens (including phenoxy) is 1. The van der Waals surface area contributed by atoms with Crippen molar-refractivity contribution in [3.05, 3.63) is 12.7 Å². The molecule has 0 saturated carbocycles. The Morgan fingerprint density at radius 1 is 1.64 bits per heavy atom. The van der Waals surface area contributed by atoms with Gasteiger partial charge in [-0.25, -0.2) is 4.79 Å². The molecule has 0 aromatic carbocycles. The molecular formula is C7H14INO2. The highest BCUT2D eigenvalue weighted by Gasteiger charge is 2.06. The molecule has 1 unspecified atom stereocenters. The molecule has 4 heteroatoms. The van der Waals surface area contributed by atoms with E-state index in [1.54, 1.807) is 11.8 Å². The quantitative estimate of drug-likeness (QED) is 0.335. The lowest BCUT2D eigenvalue weighted by atomic mass is 10.6. The minimum atomic E-state index is -0.388. The maximum absolute atomic E-state index is 10.6. The van der Waals surface area contributed by atoms with Crippen molar-refractivity contribution in [3.63, 3.8) is 0 Å². The van der Waals surface area contributed by atoms with Gasteiger partial charge in [0.1, 0.15) is 0 Å². The van der Waals surface area contributed by atoms with Crippen LogP contribution in [-0.4, -0.2) is 31.2 Å². The summed E-state index contributed by atoms with van der Waals surface area (Å²) < 4.78 is 4.83. The van der Waals surface area contributed by atoms with Crippen molar-refractivity contribution in [2.24, 2.45) is 0 Å². The Hall–Kier alpha value is -0.100. The van der Waals surface area contributed by atoms with Gasteiger partial charge in [-0.3, -0.25) is 4.90 Å². The molecule has 1 atom stereocenters. The van der Waals surface area contributed by atoms with Crippen molar-refractivity contribution < 1.29 is 9.53 Å². The third-order valence-corrected chi connectivity index (χ3v) is 1.18. The zero-order valence-corrected chi connectivity index (χ0v) is 9.36. The van der Waals surface area contributed by atoms with Gasteiger partial charge in [0.25, 0.3) is 0 Å². The van der Waals surface area contributed by atoms with Gasteiger partial charge in [0.2, 0.25) is 0 Å². The highest BCUT2D eigenvalue weighted by atomic mass is 127. The van der Waals surface area contributed by atoms with E-state index < -0.39 is 0 Å². The van der Waals surface area contributed by atoms with Crippen molar-refractivity contribution >= 4 is 29.9 Å². The summed E-state index contributed by atoms with van der Waals surface area (Å²) in [5, 5.41) is 0. The summed E-state index contributed by atoms with van der Waals surface area (Å²) in [5.41, 5.74) is 0. The lowest BCUT2D eigenvalue weighted by molar-refractivity contribution is -0.149. The standard InChI is InChI=1S/C7H13NO2.HI/c1-5-7(9)10-6(2)8(3)4;/h5-6H,1H2,2-4H3;1H. The Labute approximate surface area is 84.4 Å². The normalized spacial score (nSPS) is 11.6. The topological polar surface area (TPSA) is 29.5 Å². The summed E-state index contributed by atoms with van der Waals surface area (Å²) in [4.78, 5) is 12.4. The van der Waals surface area contributed by atoms with E-state index in [2.05, 4.69) is 6.58 Å². The summed E-state index contributed by atoms with van der Waals surface area (Å²) in [5.74, 6) is -0.388. The first-order valence-corrected chi connectivity index (χ1v) is 3.07. The molecule has 0 rings (SSSR count). The molecule has 0 bridgehead atoms. The van der Waals surface area contributed by atoms with E-state index >= 15 is 0 Å². The van der Waals surface area contributed by atoms with E-state index in [0.29, 0.717) is 0 Å². The first-order valence-electron chi connectivity index (χ1n) is 3.07. The van der Waals surface area contributed by atoms with Crippen LogP contribution in [0.3, 0.4) is 0 Å². The third kappa shape index (κ3) is 6.30. The zero-order valence-electron chi connectivity index (χ0n) is 7.03. The van der Waals surface area contributed by atoms with Gasteiger partial charge in [-0.1, -0.05) is 6.58 Å². The van der Waals surface area contributed by atoms with E-state index in [9.17, 15) is 4.79 Å². The average molecular weight is 271 g/mol. The van der Waals surface area contributed by atoms with Crippen molar-refractivity contribution in [1.82, 2.24) is 4.90 Å². The fourth-order valence-corrected chi connectivity index (χ4v) is 0.322. The Morgan fingerprint density at radius 3 is 2.36 bits per heavy atom. The first kappa shape index (κ1) is 13.5. The van der Waals surface area contributed by atoms with E-state index in [4.69, 9.17) is 4.74 Å². The molecule has 11 heavy (non-hydrogen) atoms. The molecule has 0 saturated heterocycles. The smallest absolute Gasteiger partial charge is 0.331 e. The number of carbonyl (C=O) groups is 1. The van der Waals surface area contributed by atoms with Crippen molar-refractivity contribution in [2.75, 3.05) is 14.1 Å². The number of esters is 1. The number of hydrogen-bond acceptors (Lipinski definition) is 3. The van der Waals surface area contributed by atoms with Crippen LogP contribution in [-0.2, 0) is 9.53 Å². The molecule has 0 aromatic heterocycles. The van der Waals surface area contributed by atoms with Gasteiger partial charge in [-0.2, -0.15) is 0 Å². The van der Waals surface area contributed by atoms with Crippen LogP contribution in [0.4, 0.5) is 0 Å². The monoisotopic (exact) mass is 271 g/mol. The molecule has 0 radical (unpaired) electrons. The molecule has 66 valence electrons. The zero-order chi connectivity index (χ0) is 8.15. The maximum atomic E-state index is 10.6. The van der Waals surface area contributed by atoms with Crippen LogP contribution in [0.25, 0.3) is 0 Å². The molecule has 0 aliphatic carbocycles. The van der Waals surface area contributed by atoms with E-state index in [0.717, 1.165) is 6.08 Å². The van der Waals surface area contributed by atoms with Gasteiger partial charge >= 0.3 is 5.97 Å². The fourth-order valence-electron chi connectivity index (χ4n) is 0.322. The number of carbonyl (C=O) groups excluding carboxylic acids is 1. The van der Waals surface area contributed by atoms with Gasteiger partial charge in [0.05, 0.1) is 0 Å². The van der Waals surface area contributed by atoms with Crippen LogP contribution >= 0.6 is 24.0 Å². The number of halogens is 1. The van der Waals surface area contributed by atoms with E-state index in [-0.39, 0.29) is 36.2 Å². The van der Waals surface area contributed by atoms with Crippen LogP contribution in [0.1, 0.15) is 6.92 Å².